The maximum Gasteiger partial charge on any atom is 0.243 e. The minimum absolute atomic E-state index is 0.351. The highest BCUT2D eigenvalue weighted by Gasteiger charge is 2.34. The zero-order valence-corrected chi connectivity index (χ0v) is 17.4. The van der Waals surface area contributed by atoms with Gasteiger partial charge in [-0.1, -0.05) is 6.07 Å². The molecular formula is C22H29N3O2S. The van der Waals surface area contributed by atoms with Gasteiger partial charge in [0.1, 0.15) is 5.82 Å². The van der Waals surface area contributed by atoms with Crippen LogP contribution < -0.4 is 0 Å². The molecule has 5 rings (SSSR count). The summed E-state index contributed by atoms with van der Waals surface area (Å²) in [6.07, 6.45) is 9.62. The third-order valence-electron chi connectivity index (χ3n) is 6.70. The molecule has 6 heteroatoms. The van der Waals surface area contributed by atoms with Gasteiger partial charge in [-0.15, -0.1) is 0 Å². The second kappa shape index (κ2) is 6.99. The van der Waals surface area contributed by atoms with Gasteiger partial charge >= 0.3 is 0 Å². The average molecular weight is 400 g/mol. The van der Waals surface area contributed by atoms with E-state index in [2.05, 4.69) is 16.5 Å². The maximum atomic E-state index is 13.2. The summed E-state index contributed by atoms with van der Waals surface area (Å²) in [4.78, 5) is 5.11. The van der Waals surface area contributed by atoms with Gasteiger partial charge in [-0.2, -0.15) is 4.31 Å². The molecule has 2 heterocycles. The molecule has 0 N–H and O–H groups in total. The number of hydrogen-bond acceptors (Lipinski definition) is 3. The van der Waals surface area contributed by atoms with Gasteiger partial charge in [0.2, 0.25) is 10.0 Å². The van der Waals surface area contributed by atoms with E-state index in [-0.39, 0.29) is 0 Å². The summed E-state index contributed by atoms with van der Waals surface area (Å²) >= 11 is 0. The second-order valence-electron chi connectivity index (χ2n) is 8.88. The van der Waals surface area contributed by atoms with Gasteiger partial charge in [0.25, 0.3) is 0 Å². The Labute approximate surface area is 167 Å². The van der Waals surface area contributed by atoms with Crippen molar-refractivity contribution in [3.8, 4) is 0 Å². The summed E-state index contributed by atoms with van der Waals surface area (Å²) in [5.74, 6) is 2.29. The Balaban J connectivity index is 1.29. The van der Waals surface area contributed by atoms with Crippen LogP contribution in [0.3, 0.4) is 0 Å². The number of hydrogen-bond donors (Lipinski definition) is 0. The minimum Gasteiger partial charge on any atom is -0.332 e. The molecule has 2 aliphatic carbocycles. The second-order valence-corrected chi connectivity index (χ2v) is 10.8. The Morgan fingerprint density at radius 2 is 1.93 bits per heavy atom. The molecule has 1 aromatic heterocycles. The zero-order chi connectivity index (χ0) is 19.3. The first-order valence-electron chi connectivity index (χ1n) is 10.6. The van der Waals surface area contributed by atoms with E-state index < -0.39 is 10.0 Å². The first-order valence-corrected chi connectivity index (χ1v) is 12.1. The summed E-state index contributed by atoms with van der Waals surface area (Å²) in [6.45, 7) is 4.42. The number of aromatic nitrogens is 2. The number of fused-ring (bicyclic) bond motifs is 1. The first kappa shape index (κ1) is 18.4. The summed E-state index contributed by atoms with van der Waals surface area (Å²) in [7, 11) is -3.39. The molecule has 1 saturated heterocycles. The van der Waals surface area contributed by atoms with Crippen LogP contribution in [0.25, 0.3) is 0 Å². The van der Waals surface area contributed by atoms with Gasteiger partial charge in [-0.05, 0) is 80.5 Å². The van der Waals surface area contributed by atoms with Crippen molar-refractivity contribution in [2.24, 2.45) is 11.8 Å². The van der Waals surface area contributed by atoms with Crippen molar-refractivity contribution >= 4 is 10.0 Å². The molecule has 1 aromatic carbocycles. The Morgan fingerprint density at radius 3 is 2.75 bits per heavy atom. The SMILES string of the molecule is Cc1cnc(CC2CCN(S(=O)(=O)c3ccc4c(c3)CCC4)C2)n1CC1CC1. The largest absolute Gasteiger partial charge is 0.332 e. The zero-order valence-electron chi connectivity index (χ0n) is 16.6. The normalized spacial score (nSPS) is 22.7. The lowest BCUT2D eigenvalue weighted by atomic mass is 10.0. The van der Waals surface area contributed by atoms with Crippen molar-refractivity contribution in [3.05, 3.63) is 47.0 Å². The molecule has 1 saturated carbocycles. The minimum atomic E-state index is -3.39. The van der Waals surface area contributed by atoms with Crippen molar-refractivity contribution in [2.75, 3.05) is 13.1 Å². The summed E-state index contributed by atoms with van der Waals surface area (Å²) in [6, 6.07) is 5.73. The first-order chi connectivity index (χ1) is 13.5. The molecule has 0 spiro atoms. The fourth-order valence-corrected chi connectivity index (χ4v) is 6.36. The van der Waals surface area contributed by atoms with E-state index in [1.165, 1.54) is 29.7 Å². The number of benzene rings is 1. The van der Waals surface area contributed by atoms with Crippen LogP contribution in [0.5, 0.6) is 0 Å². The molecule has 1 atom stereocenters. The Hall–Kier alpha value is -1.66. The Morgan fingerprint density at radius 1 is 1.11 bits per heavy atom. The van der Waals surface area contributed by atoms with Gasteiger partial charge in [-0.25, -0.2) is 13.4 Å². The van der Waals surface area contributed by atoms with E-state index in [0.717, 1.165) is 50.4 Å². The van der Waals surface area contributed by atoms with Crippen LogP contribution in [0.15, 0.2) is 29.3 Å². The van der Waals surface area contributed by atoms with E-state index in [9.17, 15) is 8.42 Å². The summed E-state index contributed by atoms with van der Waals surface area (Å²) in [5.41, 5.74) is 3.76. The third kappa shape index (κ3) is 3.41. The van der Waals surface area contributed by atoms with Crippen LogP contribution in [0, 0.1) is 18.8 Å². The van der Waals surface area contributed by atoms with Crippen LogP contribution in [0.1, 0.15) is 48.3 Å². The van der Waals surface area contributed by atoms with E-state index in [4.69, 9.17) is 0 Å². The third-order valence-corrected chi connectivity index (χ3v) is 8.56. The van der Waals surface area contributed by atoms with E-state index in [1.54, 1.807) is 10.4 Å². The van der Waals surface area contributed by atoms with E-state index >= 15 is 0 Å². The Bertz CT molecular complexity index is 991. The molecule has 0 radical (unpaired) electrons. The number of aryl methyl sites for hydroxylation is 3. The smallest absolute Gasteiger partial charge is 0.243 e. The fourth-order valence-electron chi connectivity index (χ4n) is 4.78. The number of rotatable bonds is 6. The highest BCUT2D eigenvalue weighted by atomic mass is 32.2. The topological polar surface area (TPSA) is 55.2 Å². The van der Waals surface area contributed by atoms with E-state index in [0.29, 0.717) is 23.9 Å². The van der Waals surface area contributed by atoms with Gasteiger partial charge in [0.05, 0.1) is 4.90 Å². The molecule has 3 aliphatic rings. The van der Waals surface area contributed by atoms with Crippen molar-refractivity contribution in [3.63, 3.8) is 0 Å². The maximum absolute atomic E-state index is 13.2. The number of sulfonamides is 1. The lowest BCUT2D eigenvalue weighted by Crippen LogP contribution is -2.29. The van der Waals surface area contributed by atoms with Crippen molar-refractivity contribution in [1.29, 1.82) is 0 Å². The molecule has 1 aliphatic heterocycles. The van der Waals surface area contributed by atoms with Gasteiger partial charge < -0.3 is 4.57 Å². The highest BCUT2D eigenvalue weighted by Crippen LogP contribution is 2.33. The van der Waals surface area contributed by atoms with Gasteiger partial charge in [-0.3, -0.25) is 0 Å². The summed E-state index contributed by atoms with van der Waals surface area (Å²) < 4.78 is 30.4. The van der Waals surface area contributed by atoms with Gasteiger partial charge in [0, 0.05) is 37.9 Å². The standard InChI is InChI=1S/C22H29N3O2S/c1-16-13-23-22(25(16)15-17-5-6-17)11-18-9-10-24(14-18)28(26,27)21-8-7-19-3-2-4-20(19)12-21/h7-8,12-13,17-18H,2-6,9-11,14-15H2,1H3. The summed E-state index contributed by atoms with van der Waals surface area (Å²) in [5, 5.41) is 0. The van der Waals surface area contributed by atoms with Crippen molar-refractivity contribution in [2.45, 2.75) is 63.3 Å². The molecule has 28 heavy (non-hydrogen) atoms. The molecule has 5 nitrogen and oxygen atoms in total. The fraction of sp³-hybridized carbons (Fsp3) is 0.591. The quantitative estimate of drug-likeness (QED) is 0.749. The predicted octanol–water partition coefficient (Wildman–Crippen LogP) is 3.34. The lowest BCUT2D eigenvalue weighted by Gasteiger charge is -2.18. The molecule has 1 unspecified atom stereocenters. The van der Waals surface area contributed by atoms with E-state index in [1.807, 2.05) is 18.3 Å². The van der Waals surface area contributed by atoms with Crippen LogP contribution >= 0.6 is 0 Å². The van der Waals surface area contributed by atoms with Crippen molar-refractivity contribution < 1.29 is 8.42 Å². The number of imidazole rings is 1. The van der Waals surface area contributed by atoms with Crippen LogP contribution in [0.4, 0.5) is 0 Å². The van der Waals surface area contributed by atoms with Gasteiger partial charge in [0.15, 0.2) is 0 Å². The molecule has 0 bridgehead atoms. The lowest BCUT2D eigenvalue weighted by molar-refractivity contribution is 0.448. The van der Waals surface area contributed by atoms with Crippen LogP contribution in [-0.2, 0) is 35.8 Å². The Kier molecular flexibility index (Phi) is 4.59. The van der Waals surface area contributed by atoms with Crippen LogP contribution in [0.2, 0.25) is 0 Å². The highest BCUT2D eigenvalue weighted by molar-refractivity contribution is 7.89. The van der Waals surface area contributed by atoms with Crippen LogP contribution in [-0.4, -0.2) is 35.4 Å². The monoisotopic (exact) mass is 399 g/mol. The molecule has 150 valence electrons. The molecular weight excluding hydrogens is 370 g/mol. The molecule has 2 fully saturated rings. The predicted molar refractivity (Wildman–Crippen MR) is 109 cm³/mol. The molecule has 0 amide bonds. The molecule has 2 aromatic rings. The number of nitrogens with zero attached hydrogens (tertiary/aromatic N) is 3. The average Bonchev–Trinajstić information content (AvgIpc) is 3.06. The van der Waals surface area contributed by atoms with Crippen molar-refractivity contribution in [1.82, 2.24) is 13.9 Å².